The first-order valence-corrected chi connectivity index (χ1v) is 11.8. The van der Waals surface area contributed by atoms with E-state index < -0.39 is 23.9 Å². The molecular formula is C27H29FN4O4. The number of fused-ring (bicyclic) bond motifs is 1. The number of rotatable bonds is 6. The fraction of sp³-hybridized carbons (Fsp3) is 0.333. The predicted octanol–water partition coefficient (Wildman–Crippen LogP) is 3.28. The molecule has 1 aromatic carbocycles. The second-order valence-corrected chi connectivity index (χ2v) is 9.10. The molecular weight excluding hydrogens is 463 g/mol. The van der Waals surface area contributed by atoms with E-state index in [4.69, 9.17) is 4.74 Å². The van der Waals surface area contributed by atoms with Gasteiger partial charge in [0.2, 0.25) is 5.88 Å². The lowest BCUT2D eigenvalue weighted by molar-refractivity contribution is 0.0312. The summed E-state index contributed by atoms with van der Waals surface area (Å²) in [6, 6.07) is 10.8. The third-order valence-corrected chi connectivity index (χ3v) is 6.44. The van der Waals surface area contributed by atoms with E-state index in [2.05, 4.69) is 9.97 Å². The standard InChI is InChI=1S/C27H29FN4O4/c1-17-14-32(18(2)16-33)27(35)22-12-20(19-8-10-29-11-9-19)13-30-25(22)36-24(17)15-31(3)26(34)21-6-4-5-7-23(21)28/h4-13,17-18,24,33H,14-16H2,1-3H3/t17-,18-,24-/m1/s1. The molecule has 0 radical (unpaired) electrons. The van der Waals surface area contributed by atoms with Crippen LogP contribution in [-0.4, -0.2) is 75.6 Å². The fourth-order valence-electron chi connectivity index (χ4n) is 4.22. The number of nitrogens with zero attached hydrogens (tertiary/aromatic N) is 4. The fourth-order valence-corrected chi connectivity index (χ4v) is 4.22. The van der Waals surface area contributed by atoms with Crippen LogP contribution in [0.5, 0.6) is 5.88 Å². The number of aliphatic hydroxyl groups excluding tert-OH is 1. The van der Waals surface area contributed by atoms with E-state index in [-0.39, 0.29) is 42.0 Å². The van der Waals surface area contributed by atoms with Gasteiger partial charge in [0.1, 0.15) is 17.5 Å². The van der Waals surface area contributed by atoms with Crippen molar-refractivity contribution < 1.29 is 23.8 Å². The number of halogens is 1. The van der Waals surface area contributed by atoms with Crippen LogP contribution >= 0.6 is 0 Å². The van der Waals surface area contributed by atoms with Crippen LogP contribution in [0.25, 0.3) is 11.1 Å². The number of aromatic nitrogens is 2. The van der Waals surface area contributed by atoms with E-state index >= 15 is 0 Å². The zero-order valence-electron chi connectivity index (χ0n) is 20.5. The van der Waals surface area contributed by atoms with Crippen molar-refractivity contribution in [2.75, 3.05) is 26.7 Å². The van der Waals surface area contributed by atoms with Crippen molar-refractivity contribution in [3.63, 3.8) is 0 Å². The summed E-state index contributed by atoms with van der Waals surface area (Å²) < 4.78 is 20.4. The smallest absolute Gasteiger partial charge is 0.259 e. The van der Waals surface area contributed by atoms with Crippen LogP contribution in [0.2, 0.25) is 0 Å². The predicted molar refractivity (Wildman–Crippen MR) is 132 cm³/mol. The molecule has 1 N–H and O–H groups in total. The normalized spacial score (nSPS) is 18.5. The summed E-state index contributed by atoms with van der Waals surface area (Å²) in [6.45, 7) is 3.92. The first-order valence-electron chi connectivity index (χ1n) is 11.8. The molecule has 3 atom stereocenters. The van der Waals surface area contributed by atoms with E-state index in [1.807, 2.05) is 19.1 Å². The zero-order valence-corrected chi connectivity index (χ0v) is 20.5. The van der Waals surface area contributed by atoms with Crippen LogP contribution in [0, 0.1) is 11.7 Å². The zero-order chi connectivity index (χ0) is 25.8. The molecule has 0 fully saturated rings. The monoisotopic (exact) mass is 492 g/mol. The highest BCUT2D eigenvalue weighted by molar-refractivity contribution is 5.98. The highest BCUT2D eigenvalue weighted by atomic mass is 19.1. The van der Waals surface area contributed by atoms with E-state index in [9.17, 15) is 19.1 Å². The topological polar surface area (TPSA) is 95.9 Å². The molecule has 188 valence electrons. The van der Waals surface area contributed by atoms with Gasteiger partial charge in [-0.25, -0.2) is 9.37 Å². The minimum atomic E-state index is -0.592. The molecule has 0 aliphatic carbocycles. The van der Waals surface area contributed by atoms with Gasteiger partial charge in [0, 0.05) is 43.7 Å². The van der Waals surface area contributed by atoms with Gasteiger partial charge in [0.05, 0.1) is 24.8 Å². The summed E-state index contributed by atoms with van der Waals surface area (Å²) in [7, 11) is 1.59. The van der Waals surface area contributed by atoms with Gasteiger partial charge in [-0.1, -0.05) is 19.1 Å². The molecule has 1 aliphatic rings. The summed E-state index contributed by atoms with van der Waals surface area (Å²) in [5.74, 6) is -1.42. The van der Waals surface area contributed by atoms with Gasteiger partial charge in [-0.3, -0.25) is 14.6 Å². The second kappa shape index (κ2) is 10.8. The summed E-state index contributed by atoms with van der Waals surface area (Å²) in [5.41, 5.74) is 1.81. The molecule has 4 rings (SSSR count). The lowest BCUT2D eigenvalue weighted by atomic mass is 9.99. The van der Waals surface area contributed by atoms with E-state index in [0.717, 1.165) is 11.1 Å². The lowest BCUT2D eigenvalue weighted by Gasteiger charge is -2.37. The molecule has 3 aromatic rings. The molecule has 2 aromatic heterocycles. The summed E-state index contributed by atoms with van der Waals surface area (Å²) in [5, 5.41) is 9.83. The van der Waals surface area contributed by atoms with Crippen molar-refractivity contribution in [1.82, 2.24) is 19.8 Å². The third-order valence-electron chi connectivity index (χ3n) is 6.44. The number of carbonyl (C=O) groups is 2. The number of carbonyl (C=O) groups excluding carboxylic acids is 2. The highest BCUT2D eigenvalue weighted by Gasteiger charge is 2.35. The minimum Gasteiger partial charge on any atom is -0.472 e. The quantitative estimate of drug-likeness (QED) is 0.568. The number of ether oxygens (including phenoxy) is 1. The van der Waals surface area contributed by atoms with Gasteiger partial charge >= 0.3 is 0 Å². The first kappa shape index (κ1) is 25.2. The molecule has 1 aliphatic heterocycles. The minimum absolute atomic E-state index is 0.0234. The number of pyridine rings is 2. The second-order valence-electron chi connectivity index (χ2n) is 9.10. The lowest BCUT2D eigenvalue weighted by Crippen LogP contribution is -2.50. The Kier molecular flexibility index (Phi) is 7.59. The van der Waals surface area contributed by atoms with E-state index in [1.165, 1.54) is 23.1 Å². The Morgan fingerprint density at radius 3 is 2.67 bits per heavy atom. The van der Waals surface area contributed by atoms with Gasteiger partial charge in [-0.05, 0) is 42.8 Å². The van der Waals surface area contributed by atoms with Crippen LogP contribution in [0.4, 0.5) is 4.39 Å². The van der Waals surface area contributed by atoms with Crippen LogP contribution in [0.1, 0.15) is 34.6 Å². The first-order chi connectivity index (χ1) is 17.3. The Labute approximate surface area is 209 Å². The van der Waals surface area contributed by atoms with Crippen molar-refractivity contribution in [3.05, 3.63) is 78.0 Å². The van der Waals surface area contributed by atoms with Crippen LogP contribution in [0.15, 0.2) is 61.1 Å². The van der Waals surface area contributed by atoms with Crippen molar-refractivity contribution in [2.24, 2.45) is 5.92 Å². The average molecular weight is 493 g/mol. The van der Waals surface area contributed by atoms with Crippen LogP contribution in [0.3, 0.4) is 0 Å². The summed E-state index contributed by atoms with van der Waals surface area (Å²) >= 11 is 0. The highest BCUT2D eigenvalue weighted by Crippen LogP contribution is 2.30. The molecule has 0 saturated heterocycles. The third kappa shape index (κ3) is 5.21. The van der Waals surface area contributed by atoms with Crippen LogP contribution in [-0.2, 0) is 0 Å². The Bertz CT molecular complexity index is 1240. The maximum absolute atomic E-state index is 14.2. The van der Waals surface area contributed by atoms with Crippen molar-refractivity contribution in [3.8, 4) is 17.0 Å². The molecule has 8 nitrogen and oxygen atoms in total. The Morgan fingerprint density at radius 1 is 1.25 bits per heavy atom. The largest absolute Gasteiger partial charge is 0.472 e. The van der Waals surface area contributed by atoms with Crippen molar-refractivity contribution in [2.45, 2.75) is 26.0 Å². The summed E-state index contributed by atoms with van der Waals surface area (Å²) in [4.78, 5) is 38.0. The van der Waals surface area contributed by atoms with E-state index in [0.29, 0.717) is 6.54 Å². The molecule has 0 unspecified atom stereocenters. The number of aliphatic hydroxyl groups is 1. The van der Waals surface area contributed by atoms with Crippen molar-refractivity contribution in [1.29, 1.82) is 0 Å². The Balaban J connectivity index is 1.68. The molecule has 36 heavy (non-hydrogen) atoms. The maximum atomic E-state index is 14.2. The SMILES string of the molecule is C[C@@H]1CN([C@H](C)CO)C(=O)c2cc(-c3ccncc3)cnc2O[C@@H]1CN(C)C(=O)c1ccccc1F. The Hall–Kier alpha value is -3.85. The number of benzene rings is 1. The van der Waals surface area contributed by atoms with Gasteiger partial charge < -0.3 is 19.6 Å². The molecule has 9 heteroatoms. The molecule has 3 heterocycles. The van der Waals surface area contributed by atoms with E-state index in [1.54, 1.807) is 49.6 Å². The number of hydrogen-bond donors (Lipinski definition) is 1. The molecule has 0 bridgehead atoms. The van der Waals surface area contributed by atoms with Gasteiger partial charge in [0.25, 0.3) is 11.8 Å². The van der Waals surface area contributed by atoms with Gasteiger partial charge in [-0.2, -0.15) is 0 Å². The molecule has 0 saturated carbocycles. The van der Waals surface area contributed by atoms with Crippen molar-refractivity contribution >= 4 is 11.8 Å². The maximum Gasteiger partial charge on any atom is 0.259 e. The average Bonchev–Trinajstić information content (AvgIpc) is 2.90. The Morgan fingerprint density at radius 2 is 1.97 bits per heavy atom. The molecule has 2 amide bonds. The van der Waals surface area contributed by atoms with Crippen LogP contribution < -0.4 is 4.74 Å². The van der Waals surface area contributed by atoms with Gasteiger partial charge in [-0.15, -0.1) is 0 Å². The number of hydrogen-bond acceptors (Lipinski definition) is 6. The van der Waals surface area contributed by atoms with Gasteiger partial charge in [0.15, 0.2) is 0 Å². The number of likely N-dealkylation sites (N-methyl/N-ethyl adjacent to an activating group) is 1. The summed E-state index contributed by atoms with van der Waals surface area (Å²) in [6.07, 6.45) is 4.40. The number of amides is 2. The molecule has 0 spiro atoms.